The highest BCUT2D eigenvalue weighted by Gasteiger charge is 2.29. The molecule has 0 amide bonds. The van der Waals surface area contributed by atoms with E-state index in [1.807, 2.05) is 11.9 Å². The van der Waals surface area contributed by atoms with Gasteiger partial charge in [0.05, 0.1) is 0 Å². The van der Waals surface area contributed by atoms with Gasteiger partial charge in [-0.15, -0.1) is 12.4 Å². The Morgan fingerprint density at radius 1 is 1.55 bits per heavy atom. The van der Waals surface area contributed by atoms with Crippen molar-refractivity contribution in [3.8, 4) is 0 Å². The zero-order valence-corrected chi connectivity index (χ0v) is 7.39. The molecule has 1 fully saturated rings. The van der Waals surface area contributed by atoms with Crippen molar-refractivity contribution in [2.75, 3.05) is 13.6 Å². The number of likely N-dealkylation sites (tertiary alicyclic amines) is 1. The molecule has 66 valence electrons. The Kier molecular flexibility index (Phi) is 3.35. The molecule has 4 heteroatoms. The van der Waals surface area contributed by atoms with Crippen molar-refractivity contribution in [2.24, 2.45) is 0 Å². The van der Waals surface area contributed by atoms with Gasteiger partial charge in [0.15, 0.2) is 5.79 Å². The van der Waals surface area contributed by atoms with Crippen LogP contribution in [0.3, 0.4) is 0 Å². The van der Waals surface area contributed by atoms with Crippen molar-refractivity contribution in [1.29, 1.82) is 0 Å². The van der Waals surface area contributed by atoms with E-state index in [1.165, 1.54) is 0 Å². The average Bonchev–Trinajstić information content (AvgIpc) is 1.79. The van der Waals surface area contributed by atoms with Crippen molar-refractivity contribution in [1.82, 2.24) is 4.90 Å². The van der Waals surface area contributed by atoms with Crippen LogP contribution in [0.15, 0.2) is 12.3 Å². The fourth-order valence-electron chi connectivity index (χ4n) is 1.06. The van der Waals surface area contributed by atoms with Crippen LogP contribution in [0, 0.1) is 0 Å². The second kappa shape index (κ2) is 3.43. The molecule has 0 aromatic carbocycles. The molecule has 1 aliphatic rings. The van der Waals surface area contributed by atoms with E-state index in [4.69, 9.17) is 10.2 Å². The predicted octanol–water partition coefficient (Wildman–Crippen LogP) is 0.328. The molecule has 1 saturated heterocycles. The van der Waals surface area contributed by atoms with Crippen molar-refractivity contribution in [2.45, 2.75) is 18.6 Å². The molecular weight excluding hydrogens is 166 g/mol. The summed E-state index contributed by atoms with van der Waals surface area (Å²) < 4.78 is 0. The van der Waals surface area contributed by atoms with Crippen LogP contribution in [0.25, 0.3) is 0 Å². The van der Waals surface area contributed by atoms with Crippen molar-refractivity contribution in [3.05, 3.63) is 12.3 Å². The Hall–Kier alpha value is -0.250. The highest BCUT2D eigenvalue weighted by Crippen LogP contribution is 2.24. The van der Waals surface area contributed by atoms with Gasteiger partial charge in [0.2, 0.25) is 0 Å². The highest BCUT2D eigenvalue weighted by atomic mass is 35.5. The summed E-state index contributed by atoms with van der Waals surface area (Å²) in [5.41, 5.74) is 0.788. The Bertz CT molecular complexity index is 159. The van der Waals surface area contributed by atoms with Crippen molar-refractivity contribution >= 4 is 12.4 Å². The number of nitrogens with zero attached hydrogens (tertiary/aromatic N) is 1. The van der Waals surface area contributed by atoms with Gasteiger partial charge in [-0.3, -0.25) is 0 Å². The summed E-state index contributed by atoms with van der Waals surface area (Å²) in [6, 6.07) is 0. The van der Waals surface area contributed by atoms with Gasteiger partial charge in [0.25, 0.3) is 0 Å². The van der Waals surface area contributed by atoms with Gasteiger partial charge in [0.1, 0.15) is 0 Å². The summed E-state index contributed by atoms with van der Waals surface area (Å²) in [7, 11) is 1.90. The number of hydrogen-bond donors (Lipinski definition) is 2. The maximum atomic E-state index is 9.13. The lowest BCUT2D eigenvalue weighted by atomic mass is 10.0. The number of aliphatic hydroxyl groups is 2. The van der Waals surface area contributed by atoms with Crippen LogP contribution in [0.4, 0.5) is 0 Å². The molecular formula is C7H14ClNO2. The fraction of sp³-hybridized carbons (Fsp3) is 0.714. The topological polar surface area (TPSA) is 43.7 Å². The number of halogens is 1. The second-order valence-electron chi connectivity index (χ2n) is 2.90. The first-order valence-corrected chi connectivity index (χ1v) is 3.35. The molecule has 1 aliphatic heterocycles. The first-order valence-electron chi connectivity index (χ1n) is 3.35. The Balaban J connectivity index is 0.000001000. The van der Waals surface area contributed by atoms with Gasteiger partial charge in [-0.1, -0.05) is 6.58 Å². The van der Waals surface area contributed by atoms with Crippen molar-refractivity contribution < 1.29 is 10.2 Å². The zero-order valence-electron chi connectivity index (χ0n) is 6.58. The maximum Gasteiger partial charge on any atom is 0.169 e. The van der Waals surface area contributed by atoms with Gasteiger partial charge in [0, 0.05) is 32.1 Å². The van der Waals surface area contributed by atoms with E-state index in [-0.39, 0.29) is 18.8 Å². The third kappa shape index (κ3) is 2.69. The average molecular weight is 180 g/mol. The quantitative estimate of drug-likeness (QED) is 0.527. The Morgan fingerprint density at radius 2 is 2.09 bits per heavy atom. The van der Waals surface area contributed by atoms with E-state index in [0.29, 0.717) is 13.0 Å². The lowest BCUT2D eigenvalue weighted by Gasteiger charge is -2.35. The molecule has 0 saturated carbocycles. The maximum absolute atomic E-state index is 9.13. The molecule has 0 aromatic heterocycles. The summed E-state index contributed by atoms with van der Waals surface area (Å²) in [5, 5.41) is 18.3. The van der Waals surface area contributed by atoms with Crippen LogP contribution >= 0.6 is 12.4 Å². The van der Waals surface area contributed by atoms with E-state index in [0.717, 1.165) is 5.70 Å². The molecule has 11 heavy (non-hydrogen) atoms. The Labute approximate surface area is 72.7 Å². The van der Waals surface area contributed by atoms with E-state index in [1.54, 1.807) is 0 Å². The van der Waals surface area contributed by atoms with E-state index in [2.05, 4.69) is 6.58 Å². The number of piperidine rings is 1. The number of hydrogen-bond acceptors (Lipinski definition) is 3. The molecule has 0 bridgehead atoms. The molecule has 1 heterocycles. The highest BCUT2D eigenvalue weighted by molar-refractivity contribution is 5.85. The third-order valence-corrected chi connectivity index (χ3v) is 1.87. The monoisotopic (exact) mass is 179 g/mol. The summed E-state index contributed by atoms with van der Waals surface area (Å²) in [5.74, 6) is -1.51. The summed E-state index contributed by atoms with van der Waals surface area (Å²) in [6.07, 6.45) is 0.673. The molecule has 0 unspecified atom stereocenters. The molecule has 0 radical (unpaired) electrons. The largest absolute Gasteiger partial charge is 0.378 e. The van der Waals surface area contributed by atoms with Crippen LogP contribution in [-0.4, -0.2) is 34.5 Å². The Morgan fingerprint density at radius 3 is 2.45 bits per heavy atom. The minimum Gasteiger partial charge on any atom is -0.378 e. The fourth-order valence-corrected chi connectivity index (χ4v) is 1.06. The molecule has 3 nitrogen and oxygen atoms in total. The normalized spacial score (nSPS) is 22.8. The molecule has 0 atom stereocenters. The first-order chi connectivity index (χ1) is 4.51. The summed E-state index contributed by atoms with van der Waals surface area (Å²) in [6.45, 7) is 4.37. The van der Waals surface area contributed by atoms with Gasteiger partial charge in [-0.2, -0.15) is 0 Å². The molecule has 0 aromatic rings. The van der Waals surface area contributed by atoms with Crippen LogP contribution in [-0.2, 0) is 0 Å². The van der Waals surface area contributed by atoms with E-state index < -0.39 is 5.79 Å². The lowest BCUT2D eigenvalue weighted by molar-refractivity contribution is -0.177. The third-order valence-electron chi connectivity index (χ3n) is 1.87. The lowest BCUT2D eigenvalue weighted by Crippen LogP contribution is -2.40. The van der Waals surface area contributed by atoms with Crippen LogP contribution < -0.4 is 0 Å². The predicted molar refractivity (Wildman–Crippen MR) is 45.4 cm³/mol. The molecule has 0 aliphatic carbocycles. The van der Waals surface area contributed by atoms with Gasteiger partial charge in [-0.25, -0.2) is 0 Å². The van der Waals surface area contributed by atoms with Crippen LogP contribution in [0.2, 0.25) is 0 Å². The second-order valence-corrected chi connectivity index (χ2v) is 2.90. The van der Waals surface area contributed by atoms with Crippen molar-refractivity contribution in [3.63, 3.8) is 0 Å². The molecule has 1 rings (SSSR count). The first kappa shape index (κ1) is 10.8. The van der Waals surface area contributed by atoms with Gasteiger partial charge < -0.3 is 15.1 Å². The van der Waals surface area contributed by atoms with Crippen LogP contribution in [0.5, 0.6) is 0 Å². The summed E-state index contributed by atoms with van der Waals surface area (Å²) >= 11 is 0. The van der Waals surface area contributed by atoms with E-state index >= 15 is 0 Å². The molecule has 0 spiro atoms. The van der Waals surface area contributed by atoms with Gasteiger partial charge in [-0.05, 0) is 0 Å². The standard InChI is InChI=1S/C7H13NO2.ClH/c1-6-5-7(9,10)3-4-8(6)2;/h9-10H,1,3-5H2,2H3;1H. The minimum atomic E-state index is -1.51. The molecule has 2 N–H and O–H groups in total. The minimum absolute atomic E-state index is 0. The smallest absolute Gasteiger partial charge is 0.169 e. The van der Waals surface area contributed by atoms with E-state index in [9.17, 15) is 0 Å². The number of rotatable bonds is 0. The zero-order chi connectivity index (χ0) is 7.78. The van der Waals surface area contributed by atoms with Gasteiger partial charge >= 0.3 is 0 Å². The van der Waals surface area contributed by atoms with Crippen LogP contribution in [0.1, 0.15) is 12.8 Å². The SMILES string of the molecule is C=C1CC(O)(O)CCN1C.Cl. The summed E-state index contributed by atoms with van der Waals surface area (Å²) in [4.78, 5) is 1.94.